The molecule has 0 aliphatic heterocycles. The second-order valence-corrected chi connectivity index (χ2v) is 4.43. The number of rotatable bonds is 3. The fourth-order valence-corrected chi connectivity index (χ4v) is 1.96. The van der Waals surface area contributed by atoms with Gasteiger partial charge in [0.15, 0.2) is 0 Å². The minimum absolute atomic E-state index is 0.144. The van der Waals surface area contributed by atoms with Gasteiger partial charge in [0.25, 0.3) is 0 Å². The molecule has 1 nitrogen and oxygen atoms in total. The van der Waals surface area contributed by atoms with Gasteiger partial charge in [-0.1, -0.05) is 35.9 Å². The molecule has 2 aromatic rings. The van der Waals surface area contributed by atoms with Gasteiger partial charge in [-0.15, -0.1) is 0 Å². The molecule has 0 saturated heterocycles. The van der Waals surface area contributed by atoms with Gasteiger partial charge in [0.2, 0.25) is 0 Å². The molecule has 0 aromatic heterocycles. The first-order valence-corrected chi connectivity index (χ1v) is 5.78. The van der Waals surface area contributed by atoms with Crippen LogP contribution in [-0.2, 0) is 6.42 Å². The van der Waals surface area contributed by atoms with Crippen LogP contribution >= 0.6 is 11.6 Å². The Balaban J connectivity index is 2.11. The summed E-state index contributed by atoms with van der Waals surface area (Å²) in [5.41, 5.74) is 8.06. The monoisotopic (exact) mass is 249 g/mol. The van der Waals surface area contributed by atoms with Crippen molar-refractivity contribution in [3.63, 3.8) is 0 Å². The normalized spacial score (nSPS) is 12.4. The van der Waals surface area contributed by atoms with Crippen LogP contribution in [0.25, 0.3) is 0 Å². The van der Waals surface area contributed by atoms with Gasteiger partial charge in [-0.25, -0.2) is 4.39 Å². The van der Waals surface area contributed by atoms with Crippen LogP contribution < -0.4 is 5.73 Å². The Hall–Kier alpha value is -1.38. The molecule has 1 unspecified atom stereocenters. The Morgan fingerprint density at radius 2 is 1.82 bits per heavy atom. The maximum atomic E-state index is 12.8. The topological polar surface area (TPSA) is 26.0 Å². The molecule has 0 heterocycles. The van der Waals surface area contributed by atoms with Gasteiger partial charge in [-0.05, 0) is 41.8 Å². The molecular weight excluding hydrogens is 237 g/mol. The summed E-state index contributed by atoms with van der Waals surface area (Å²) >= 11 is 5.90. The van der Waals surface area contributed by atoms with Crippen LogP contribution in [0.15, 0.2) is 48.5 Å². The van der Waals surface area contributed by atoms with Gasteiger partial charge in [-0.3, -0.25) is 0 Å². The average Bonchev–Trinajstić information content (AvgIpc) is 2.29. The van der Waals surface area contributed by atoms with Crippen LogP contribution in [-0.4, -0.2) is 0 Å². The van der Waals surface area contributed by atoms with Gasteiger partial charge in [0.1, 0.15) is 5.82 Å². The van der Waals surface area contributed by atoms with Gasteiger partial charge in [0.05, 0.1) is 0 Å². The second kappa shape index (κ2) is 5.30. The zero-order chi connectivity index (χ0) is 12.3. The Labute approximate surface area is 105 Å². The summed E-state index contributed by atoms with van der Waals surface area (Å²) in [5.74, 6) is -0.247. The molecule has 0 fully saturated rings. The molecule has 3 heteroatoms. The molecule has 17 heavy (non-hydrogen) atoms. The first kappa shape index (κ1) is 12.1. The van der Waals surface area contributed by atoms with E-state index in [2.05, 4.69) is 0 Å². The summed E-state index contributed by atoms with van der Waals surface area (Å²) in [6.45, 7) is 0. The maximum absolute atomic E-state index is 12.8. The van der Waals surface area contributed by atoms with Crippen LogP contribution in [0.2, 0.25) is 5.02 Å². The summed E-state index contributed by atoms with van der Waals surface area (Å²) in [4.78, 5) is 0. The van der Waals surface area contributed by atoms with E-state index in [1.54, 1.807) is 12.1 Å². The van der Waals surface area contributed by atoms with E-state index in [-0.39, 0.29) is 11.9 Å². The van der Waals surface area contributed by atoms with E-state index in [0.29, 0.717) is 11.4 Å². The lowest BCUT2D eigenvalue weighted by Gasteiger charge is -2.12. The van der Waals surface area contributed by atoms with E-state index >= 15 is 0 Å². The average molecular weight is 250 g/mol. The maximum Gasteiger partial charge on any atom is 0.123 e. The lowest BCUT2D eigenvalue weighted by atomic mass is 10.00. The molecule has 0 aliphatic carbocycles. The standard InChI is InChI=1S/C14H13ClFN/c15-12-3-1-2-10(8-12)9-14(17)11-4-6-13(16)7-5-11/h1-8,14H,9,17H2. The molecule has 0 spiro atoms. The lowest BCUT2D eigenvalue weighted by Crippen LogP contribution is -2.13. The van der Waals surface area contributed by atoms with Crippen molar-refractivity contribution >= 4 is 11.6 Å². The SMILES string of the molecule is NC(Cc1cccc(Cl)c1)c1ccc(F)cc1. The van der Waals surface area contributed by atoms with Crippen molar-refractivity contribution in [1.82, 2.24) is 0 Å². The Bertz CT molecular complexity index is 496. The molecule has 0 aliphatic rings. The Kier molecular flexibility index (Phi) is 3.77. The highest BCUT2D eigenvalue weighted by atomic mass is 35.5. The van der Waals surface area contributed by atoms with Crippen LogP contribution in [0.4, 0.5) is 4.39 Å². The van der Waals surface area contributed by atoms with Crippen molar-refractivity contribution in [1.29, 1.82) is 0 Å². The molecule has 0 radical (unpaired) electrons. The summed E-state index contributed by atoms with van der Waals surface area (Å²) < 4.78 is 12.8. The van der Waals surface area contributed by atoms with Crippen molar-refractivity contribution in [2.45, 2.75) is 12.5 Å². The third-order valence-corrected chi connectivity index (χ3v) is 2.88. The largest absolute Gasteiger partial charge is 0.324 e. The number of halogens is 2. The van der Waals surface area contributed by atoms with E-state index in [9.17, 15) is 4.39 Å². The highest BCUT2D eigenvalue weighted by Gasteiger charge is 2.07. The summed E-state index contributed by atoms with van der Waals surface area (Å²) in [5, 5.41) is 0.703. The summed E-state index contributed by atoms with van der Waals surface area (Å²) in [6, 6.07) is 13.7. The number of nitrogens with two attached hydrogens (primary N) is 1. The first-order valence-electron chi connectivity index (χ1n) is 5.40. The van der Waals surface area contributed by atoms with E-state index in [0.717, 1.165) is 11.1 Å². The fourth-order valence-electron chi connectivity index (χ4n) is 1.75. The summed E-state index contributed by atoms with van der Waals surface area (Å²) in [7, 11) is 0. The first-order chi connectivity index (χ1) is 8.15. The zero-order valence-electron chi connectivity index (χ0n) is 9.24. The minimum atomic E-state index is -0.247. The van der Waals surface area contributed by atoms with Gasteiger partial charge < -0.3 is 5.73 Å². The lowest BCUT2D eigenvalue weighted by molar-refractivity contribution is 0.624. The van der Waals surface area contributed by atoms with Gasteiger partial charge >= 0.3 is 0 Å². The molecule has 1 atom stereocenters. The fraction of sp³-hybridized carbons (Fsp3) is 0.143. The van der Waals surface area contributed by atoms with Crippen molar-refractivity contribution in [3.05, 3.63) is 70.5 Å². The molecule has 2 rings (SSSR count). The van der Waals surface area contributed by atoms with Crippen LogP contribution in [0.1, 0.15) is 17.2 Å². The highest BCUT2D eigenvalue weighted by Crippen LogP contribution is 2.18. The van der Waals surface area contributed by atoms with Crippen molar-refractivity contribution in [3.8, 4) is 0 Å². The van der Waals surface area contributed by atoms with Crippen LogP contribution in [0.5, 0.6) is 0 Å². The predicted molar refractivity (Wildman–Crippen MR) is 68.5 cm³/mol. The molecule has 0 bridgehead atoms. The minimum Gasteiger partial charge on any atom is -0.324 e. The van der Waals surface area contributed by atoms with E-state index < -0.39 is 0 Å². The van der Waals surface area contributed by atoms with Gasteiger partial charge in [-0.2, -0.15) is 0 Å². The third kappa shape index (κ3) is 3.29. The van der Waals surface area contributed by atoms with Crippen molar-refractivity contribution in [2.24, 2.45) is 5.73 Å². The van der Waals surface area contributed by atoms with Crippen LogP contribution in [0.3, 0.4) is 0 Å². The van der Waals surface area contributed by atoms with Crippen LogP contribution in [0, 0.1) is 5.82 Å². The van der Waals surface area contributed by atoms with E-state index in [1.165, 1.54) is 12.1 Å². The second-order valence-electron chi connectivity index (χ2n) is 3.99. The zero-order valence-corrected chi connectivity index (χ0v) is 9.99. The van der Waals surface area contributed by atoms with E-state index in [1.807, 2.05) is 24.3 Å². The number of hydrogen-bond donors (Lipinski definition) is 1. The number of hydrogen-bond acceptors (Lipinski definition) is 1. The van der Waals surface area contributed by atoms with Gasteiger partial charge in [0, 0.05) is 11.1 Å². The molecule has 2 aromatic carbocycles. The Morgan fingerprint density at radius 1 is 1.12 bits per heavy atom. The number of benzene rings is 2. The molecule has 0 saturated carbocycles. The third-order valence-electron chi connectivity index (χ3n) is 2.64. The Morgan fingerprint density at radius 3 is 2.47 bits per heavy atom. The van der Waals surface area contributed by atoms with Crippen molar-refractivity contribution < 1.29 is 4.39 Å². The smallest absolute Gasteiger partial charge is 0.123 e. The van der Waals surface area contributed by atoms with Crippen molar-refractivity contribution in [2.75, 3.05) is 0 Å². The van der Waals surface area contributed by atoms with E-state index in [4.69, 9.17) is 17.3 Å². The molecule has 88 valence electrons. The molecule has 0 amide bonds. The predicted octanol–water partition coefficient (Wildman–Crippen LogP) is 3.72. The summed E-state index contributed by atoms with van der Waals surface area (Å²) in [6.07, 6.45) is 0.687. The highest BCUT2D eigenvalue weighted by molar-refractivity contribution is 6.30. The molecular formula is C14H13ClFN. The molecule has 2 N–H and O–H groups in total. The quantitative estimate of drug-likeness (QED) is 0.882.